The van der Waals surface area contributed by atoms with Crippen LogP contribution >= 0.6 is 0 Å². The Morgan fingerprint density at radius 2 is 2.19 bits per heavy atom. The van der Waals surface area contributed by atoms with Crippen molar-refractivity contribution in [2.45, 2.75) is 38.6 Å². The third-order valence-electron chi connectivity index (χ3n) is 4.48. The van der Waals surface area contributed by atoms with Gasteiger partial charge in [-0.1, -0.05) is 0 Å². The van der Waals surface area contributed by atoms with Crippen molar-refractivity contribution in [3.63, 3.8) is 0 Å². The summed E-state index contributed by atoms with van der Waals surface area (Å²) in [6, 6.07) is -0.145. The number of anilines is 1. The number of aromatic nitrogens is 2. The number of carbonyl (C=O) groups is 1. The Morgan fingerprint density at radius 1 is 1.38 bits per heavy atom. The molecule has 2 aliphatic rings. The number of nitrogens with zero attached hydrogens (tertiary/aromatic N) is 3. The van der Waals surface area contributed by atoms with Gasteiger partial charge in [-0.05, 0) is 32.6 Å². The number of ether oxygens (including phenoxy) is 1. The van der Waals surface area contributed by atoms with Gasteiger partial charge in [0.1, 0.15) is 18.1 Å². The van der Waals surface area contributed by atoms with Gasteiger partial charge >= 0.3 is 5.97 Å². The molecule has 0 bridgehead atoms. The average Bonchev–Trinajstić information content (AvgIpc) is 2.98. The van der Waals surface area contributed by atoms with Crippen LogP contribution in [0.15, 0.2) is 6.33 Å². The molecule has 1 aliphatic carbocycles. The standard InChI is InChI=1S/C15H21N3O3/c1-2-18(13-8-21-7-11(13)15(19)20)14-10-5-3-4-6-12(10)16-9-17-14/h9,11,13H,2-8H2,1H3,(H,19,20). The second-order valence-electron chi connectivity index (χ2n) is 5.67. The summed E-state index contributed by atoms with van der Waals surface area (Å²) < 4.78 is 5.41. The number of carboxylic acids is 1. The minimum atomic E-state index is -0.793. The third-order valence-corrected chi connectivity index (χ3v) is 4.48. The summed E-state index contributed by atoms with van der Waals surface area (Å²) in [6.07, 6.45) is 5.89. The van der Waals surface area contributed by atoms with Crippen molar-refractivity contribution in [3.8, 4) is 0 Å². The van der Waals surface area contributed by atoms with Crippen LogP contribution in [0, 0.1) is 5.92 Å². The van der Waals surface area contributed by atoms with Crippen LogP contribution in [0.4, 0.5) is 5.82 Å². The van der Waals surface area contributed by atoms with Crippen molar-refractivity contribution in [3.05, 3.63) is 17.6 Å². The van der Waals surface area contributed by atoms with Crippen molar-refractivity contribution in [2.75, 3.05) is 24.7 Å². The predicted molar refractivity (Wildman–Crippen MR) is 77.4 cm³/mol. The van der Waals surface area contributed by atoms with Crippen molar-refractivity contribution in [1.29, 1.82) is 0 Å². The van der Waals surface area contributed by atoms with Gasteiger partial charge in [0.2, 0.25) is 0 Å². The molecule has 1 fully saturated rings. The molecule has 6 nitrogen and oxygen atoms in total. The molecule has 1 aromatic rings. The zero-order chi connectivity index (χ0) is 14.8. The minimum Gasteiger partial charge on any atom is -0.481 e. The molecule has 2 atom stereocenters. The number of likely N-dealkylation sites (N-methyl/N-ethyl adjacent to an activating group) is 1. The first-order valence-corrected chi connectivity index (χ1v) is 7.62. The largest absolute Gasteiger partial charge is 0.481 e. The Hall–Kier alpha value is -1.69. The van der Waals surface area contributed by atoms with E-state index in [1.165, 1.54) is 12.0 Å². The van der Waals surface area contributed by atoms with Crippen LogP contribution in [0.1, 0.15) is 31.0 Å². The summed E-state index contributed by atoms with van der Waals surface area (Å²) >= 11 is 0. The SMILES string of the molecule is CCN(c1ncnc2c1CCCC2)C1COCC1C(=O)O. The van der Waals surface area contributed by atoms with Crippen LogP contribution < -0.4 is 4.90 Å². The average molecular weight is 291 g/mol. The molecule has 3 rings (SSSR count). The van der Waals surface area contributed by atoms with E-state index in [4.69, 9.17) is 4.74 Å². The van der Waals surface area contributed by atoms with Gasteiger partial charge in [-0.15, -0.1) is 0 Å². The van der Waals surface area contributed by atoms with E-state index in [1.807, 2.05) is 6.92 Å². The highest BCUT2D eigenvalue weighted by Gasteiger charge is 2.39. The van der Waals surface area contributed by atoms with E-state index in [2.05, 4.69) is 14.9 Å². The van der Waals surface area contributed by atoms with Crippen molar-refractivity contribution >= 4 is 11.8 Å². The predicted octanol–water partition coefficient (Wildman–Crippen LogP) is 1.28. The molecule has 0 amide bonds. The molecule has 0 aromatic carbocycles. The van der Waals surface area contributed by atoms with E-state index in [-0.39, 0.29) is 12.6 Å². The number of rotatable bonds is 4. The lowest BCUT2D eigenvalue weighted by Gasteiger charge is -2.33. The van der Waals surface area contributed by atoms with Gasteiger partial charge in [0.25, 0.3) is 0 Å². The minimum absolute atomic E-state index is 0.145. The van der Waals surface area contributed by atoms with Crippen LogP contribution in [0.2, 0.25) is 0 Å². The first-order valence-electron chi connectivity index (χ1n) is 7.62. The molecular formula is C15H21N3O3. The van der Waals surface area contributed by atoms with Gasteiger partial charge in [-0.3, -0.25) is 4.79 Å². The molecule has 1 saturated heterocycles. The van der Waals surface area contributed by atoms with Crippen LogP contribution in [0.3, 0.4) is 0 Å². The molecule has 0 saturated carbocycles. The fraction of sp³-hybridized carbons (Fsp3) is 0.667. The highest BCUT2D eigenvalue weighted by molar-refractivity contribution is 5.72. The normalized spacial score (nSPS) is 24.6. The Kier molecular flexibility index (Phi) is 4.05. The molecule has 1 aromatic heterocycles. The summed E-state index contributed by atoms with van der Waals surface area (Å²) in [4.78, 5) is 22.4. The van der Waals surface area contributed by atoms with Gasteiger partial charge in [-0.25, -0.2) is 9.97 Å². The molecule has 0 spiro atoms. The second kappa shape index (κ2) is 5.97. The molecule has 1 N–H and O–H groups in total. The van der Waals surface area contributed by atoms with Gasteiger partial charge in [0.15, 0.2) is 0 Å². The molecule has 2 heterocycles. The number of aryl methyl sites for hydroxylation is 1. The number of carboxylic acid groups (broad SMARTS) is 1. The van der Waals surface area contributed by atoms with Crippen molar-refractivity contribution < 1.29 is 14.6 Å². The topological polar surface area (TPSA) is 75.5 Å². The van der Waals surface area contributed by atoms with E-state index >= 15 is 0 Å². The molecule has 2 unspecified atom stereocenters. The third kappa shape index (κ3) is 2.60. The van der Waals surface area contributed by atoms with E-state index in [0.717, 1.165) is 37.3 Å². The summed E-state index contributed by atoms with van der Waals surface area (Å²) in [6.45, 7) is 3.49. The summed E-state index contributed by atoms with van der Waals surface area (Å²) in [5, 5.41) is 9.37. The van der Waals surface area contributed by atoms with Gasteiger partial charge < -0.3 is 14.7 Å². The zero-order valence-electron chi connectivity index (χ0n) is 12.3. The summed E-state index contributed by atoms with van der Waals surface area (Å²) in [5.41, 5.74) is 2.32. The maximum atomic E-state index is 11.4. The van der Waals surface area contributed by atoms with Crippen LogP contribution in [-0.4, -0.2) is 46.8 Å². The van der Waals surface area contributed by atoms with E-state index in [9.17, 15) is 9.90 Å². The molecule has 1 aliphatic heterocycles. The van der Waals surface area contributed by atoms with E-state index < -0.39 is 11.9 Å². The first-order chi connectivity index (χ1) is 10.2. The fourth-order valence-corrected chi connectivity index (χ4v) is 3.38. The maximum Gasteiger partial charge on any atom is 0.311 e. The van der Waals surface area contributed by atoms with Crippen LogP contribution in [-0.2, 0) is 22.4 Å². The van der Waals surface area contributed by atoms with E-state index in [1.54, 1.807) is 6.33 Å². The van der Waals surface area contributed by atoms with Gasteiger partial charge in [0, 0.05) is 17.8 Å². The molecule has 0 radical (unpaired) electrons. The number of hydrogen-bond donors (Lipinski definition) is 1. The van der Waals surface area contributed by atoms with Gasteiger partial charge in [-0.2, -0.15) is 0 Å². The second-order valence-corrected chi connectivity index (χ2v) is 5.67. The van der Waals surface area contributed by atoms with E-state index in [0.29, 0.717) is 6.61 Å². The quantitative estimate of drug-likeness (QED) is 0.900. The Balaban J connectivity index is 1.95. The smallest absolute Gasteiger partial charge is 0.311 e. The summed E-state index contributed by atoms with van der Waals surface area (Å²) in [5.74, 6) is -0.373. The van der Waals surface area contributed by atoms with Crippen LogP contribution in [0.25, 0.3) is 0 Å². The Bertz CT molecular complexity index is 535. The molecular weight excluding hydrogens is 270 g/mol. The molecule has 21 heavy (non-hydrogen) atoms. The first kappa shape index (κ1) is 14.3. The van der Waals surface area contributed by atoms with Crippen molar-refractivity contribution in [2.24, 2.45) is 5.92 Å². The molecule has 6 heteroatoms. The summed E-state index contributed by atoms with van der Waals surface area (Å²) in [7, 11) is 0. The Labute approximate surface area is 124 Å². The number of fused-ring (bicyclic) bond motifs is 1. The van der Waals surface area contributed by atoms with Gasteiger partial charge in [0.05, 0.1) is 19.3 Å². The van der Waals surface area contributed by atoms with Crippen molar-refractivity contribution in [1.82, 2.24) is 9.97 Å². The zero-order valence-corrected chi connectivity index (χ0v) is 12.3. The maximum absolute atomic E-state index is 11.4. The number of aliphatic carboxylic acids is 1. The lowest BCUT2D eigenvalue weighted by molar-refractivity contribution is -0.141. The number of hydrogen-bond acceptors (Lipinski definition) is 5. The fourth-order valence-electron chi connectivity index (χ4n) is 3.38. The van der Waals surface area contributed by atoms with Crippen LogP contribution in [0.5, 0.6) is 0 Å². The highest BCUT2D eigenvalue weighted by Crippen LogP contribution is 2.31. The molecule has 114 valence electrons. The Morgan fingerprint density at radius 3 is 2.95 bits per heavy atom. The monoisotopic (exact) mass is 291 g/mol. The lowest BCUT2D eigenvalue weighted by Crippen LogP contribution is -2.44. The lowest BCUT2D eigenvalue weighted by atomic mass is 9.95. The highest BCUT2D eigenvalue weighted by atomic mass is 16.5.